The first-order valence-electron chi connectivity index (χ1n) is 9.84. The van der Waals surface area contributed by atoms with Crippen LogP contribution in [0.25, 0.3) is 11.1 Å². The van der Waals surface area contributed by atoms with Crippen LogP contribution in [0.2, 0.25) is 5.02 Å². The second-order valence-corrected chi connectivity index (χ2v) is 8.39. The maximum atomic E-state index is 12.5. The van der Waals surface area contributed by atoms with Crippen LogP contribution in [0.3, 0.4) is 0 Å². The lowest BCUT2D eigenvalue weighted by Crippen LogP contribution is -2.40. The van der Waals surface area contributed by atoms with Gasteiger partial charge in [-0.1, -0.05) is 29.8 Å². The first-order chi connectivity index (χ1) is 14.5. The smallest absolute Gasteiger partial charge is 0.264 e. The lowest BCUT2D eigenvalue weighted by atomic mass is 10.0. The Kier molecular flexibility index (Phi) is 6.23. The van der Waals surface area contributed by atoms with Gasteiger partial charge in [0.2, 0.25) is 0 Å². The van der Waals surface area contributed by atoms with E-state index >= 15 is 0 Å². The molecular formula is C20H22ClNO6S. The van der Waals surface area contributed by atoms with Crippen molar-refractivity contribution < 1.29 is 29.6 Å². The molecule has 2 aromatic rings. The lowest BCUT2D eigenvalue weighted by Gasteiger charge is -2.26. The molecule has 1 fully saturated rings. The molecule has 0 N–H and O–H groups in total. The molecule has 9 heteroatoms. The monoisotopic (exact) mass is 441 g/mol. The SMILES string of the molecule is [2H]C([2H])(COS(C)(=O)=O)Oc1ccc(-c2ccc(C(=O)N3CCOCC3)cc2)cc1Cl. The van der Waals surface area contributed by atoms with Crippen molar-refractivity contribution in [1.82, 2.24) is 4.90 Å². The standard InChI is InChI=1S/C20H22ClNO6S/c1-29(24,25)28-13-12-27-19-7-6-17(14-18(19)21)15-2-4-16(5-3-15)20(23)22-8-10-26-11-9-22/h2-7,14H,8-13H2,1H3/i12D2. The molecule has 0 bridgehead atoms. The third-order valence-electron chi connectivity index (χ3n) is 4.21. The summed E-state index contributed by atoms with van der Waals surface area (Å²) in [5.41, 5.74) is 2.14. The van der Waals surface area contributed by atoms with Gasteiger partial charge in [0.1, 0.15) is 18.9 Å². The first-order valence-corrected chi connectivity index (χ1v) is 11.0. The van der Waals surface area contributed by atoms with Gasteiger partial charge in [-0.3, -0.25) is 8.98 Å². The molecule has 156 valence electrons. The minimum absolute atomic E-state index is 0.0461. The quantitative estimate of drug-likeness (QED) is 0.614. The van der Waals surface area contributed by atoms with Crippen LogP contribution in [-0.4, -0.2) is 64.9 Å². The van der Waals surface area contributed by atoms with Crippen molar-refractivity contribution in [3.05, 3.63) is 53.1 Å². The molecule has 0 unspecified atom stereocenters. The molecule has 1 saturated heterocycles. The van der Waals surface area contributed by atoms with Crippen molar-refractivity contribution >= 4 is 27.6 Å². The third kappa shape index (κ3) is 6.17. The minimum atomic E-state index is -3.81. The van der Waals surface area contributed by atoms with Gasteiger partial charge in [-0.15, -0.1) is 0 Å². The molecule has 3 rings (SSSR count). The van der Waals surface area contributed by atoms with Crippen molar-refractivity contribution in [2.24, 2.45) is 0 Å². The molecule has 1 aliphatic rings. The molecule has 0 aliphatic carbocycles. The molecule has 0 atom stereocenters. The fourth-order valence-corrected chi connectivity index (χ4v) is 3.24. The second kappa shape index (κ2) is 9.58. The number of carbonyl (C=O) groups excluding carboxylic acids is 1. The predicted octanol–water partition coefficient (Wildman–Crippen LogP) is 2.83. The van der Waals surface area contributed by atoms with E-state index in [9.17, 15) is 13.2 Å². The van der Waals surface area contributed by atoms with Crippen LogP contribution in [0.4, 0.5) is 0 Å². The Labute approximate surface area is 178 Å². The van der Waals surface area contributed by atoms with Crippen LogP contribution in [0.1, 0.15) is 13.1 Å². The molecule has 0 radical (unpaired) electrons. The van der Waals surface area contributed by atoms with Gasteiger partial charge in [0.05, 0.1) is 27.2 Å². The second-order valence-electron chi connectivity index (χ2n) is 6.34. The Bertz CT molecular complexity index is 1040. The summed E-state index contributed by atoms with van der Waals surface area (Å²) >= 11 is 6.24. The maximum Gasteiger partial charge on any atom is 0.264 e. The van der Waals surface area contributed by atoms with Crippen molar-refractivity contribution in [3.63, 3.8) is 0 Å². The first kappa shape index (κ1) is 18.9. The summed E-state index contributed by atoms with van der Waals surface area (Å²) in [5, 5.41) is 0.147. The van der Waals surface area contributed by atoms with Crippen LogP contribution < -0.4 is 4.74 Å². The summed E-state index contributed by atoms with van der Waals surface area (Å²) in [6.07, 6.45) is 0.824. The molecule has 0 aromatic heterocycles. The van der Waals surface area contributed by atoms with E-state index in [1.807, 2.05) is 0 Å². The molecule has 1 aliphatic heterocycles. The molecule has 1 amide bonds. The van der Waals surface area contributed by atoms with Gasteiger partial charge in [0, 0.05) is 18.7 Å². The van der Waals surface area contributed by atoms with Crippen molar-refractivity contribution in [2.75, 3.05) is 45.7 Å². The van der Waals surface area contributed by atoms with Crippen molar-refractivity contribution in [2.45, 2.75) is 0 Å². The minimum Gasteiger partial charge on any atom is -0.490 e. The molecule has 7 nitrogen and oxygen atoms in total. The number of amides is 1. The summed E-state index contributed by atoms with van der Waals surface area (Å²) in [7, 11) is -3.81. The van der Waals surface area contributed by atoms with Crippen LogP contribution >= 0.6 is 11.6 Å². The fraction of sp³-hybridized carbons (Fsp3) is 0.350. The molecule has 2 aromatic carbocycles. The fourth-order valence-electron chi connectivity index (χ4n) is 2.76. The zero-order chi connectivity index (χ0) is 22.6. The lowest BCUT2D eigenvalue weighted by molar-refractivity contribution is 0.0303. The number of hydrogen-bond acceptors (Lipinski definition) is 6. The van der Waals surface area contributed by atoms with E-state index < -0.39 is 23.3 Å². The van der Waals surface area contributed by atoms with E-state index in [4.69, 9.17) is 23.8 Å². The Morgan fingerprint density at radius 3 is 2.45 bits per heavy atom. The van der Waals surface area contributed by atoms with Gasteiger partial charge in [0.25, 0.3) is 16.0 Å². The number of hydrogen-bond donors (Lipinski definition) is 0. The zero-order valence-corrected chi connectivity index (χ0v) is 17.3. The van der Waals surface area contributed by atoms with Crippen LogP contribution in [-0.2, 0) is 19.0 Å². The topological polar surface area (TPSA) is 82.1 Å². The number of benzene rings is 2. The van der Waals surface area contributed by atoms with Crippen LogP contribution in [0.15, 0.2) is 42.5 Å². The number of rotatable bonds is 7. The van der Waals surface area contributed by atoms with E-state index in [0.29, 0.717) is 31.9 Å². The highest BCUT2D eigenvalue weighted by Crippen LogP contribution is 2.30. The van der Waals surface area contributed by atoms with Gasteiger partial charge in [-0.25, -0.2) is 0 Å². The Hall–Kier alpha value is -2.13. The number of nitrogens with zero attached hydrogens (tertiary/aromatic N) is 1. The van der Waals surface area contributed by atoms with E-state index in [-0.39, 0.29) is 16.7 Å². The van der Waals surface area contributed by atoms with Gasteiger partial charge >= 0.3 is 0 Å². The molecule has 1 heterocycles. The van der Waals surface area contributed by atoms with E-state index in [1.54, 1.807) is 41.3 Å². The maximum absolute atomic E-state index is 12.5. The Morgan fingerprint density at radius 2 is 1.83 bits per heavy atom. The molecular weight excluding hydrogens is 418 g/mol. The van der Waals surface area contributed by atoms with Gasteiger partial charge < -0.3 is 14.4 Å². The average Bonchev–Trinajstić information content (AvgIpc) is 2.73. The van der Waals surface area contributed by atoms with Gasteiger partial charge in [-0.05, 0) is 35.4 Å². The summed E-state index contributed by atoms with van der Waals surface area (Å²) in [6, 6.07) is 11.9. The summed E-state index contributed by atoms with van der Waals surface area (Å²) in [4.78, 5) is 14.3. The largest absolute Gasteiger partial charge is 0.490 e. The predicted molar refractivity (Wildman–Crippen MR) is 110 cm³/mol. The average molecular weight is 442 g/mol. The molecule has 0 saturated carbocycles. The van der Waals surface area contributed by atoms with Crippen LogP contribution in [0, 0.1) is 0 Å². The van der Waals surface area contributed by atoms with Crippen molar-refractivity contribution in [1.29, 1.82) is 0 Å². The van der Waals surface area contributed by atoms with E-state index in [0.717, 1.165) is 17.4 Å². The highest BCUT2D eigenvalue weighted by Gasteiger charge is 2.18. The van der Waals surface area contributed by atoms with Gasteiger partial charge in [-0.2, -0.15) is 8.42 Å². The Morgan fingerprint density at radius 1 is 1.17 bits per heavy atom. The summed E-state index contributed by atoms with van der Waals surface area (Å²) in [6.45, 7) is -0.983. The number of morpholine rings is 1. The highest BCUT2D eigenvalue weighted by molar-refractivity contribution is 7.85. The normalized spacial score (nSPS) is 16.1. The van der Waals surface area contributed by atoms with E-state index in [2.05, 4.69) is 4.18 Å². The number of halogens is 1. The number of ether oxygens (including phenoxy) is 2. The van der Waals surface area contributed by atoms with Crippen LogP contribution in [0.5, 0.6) is 5.75 Å². The molecule has 0 spiro atoms. The number of carbonyl (C=O) groups is 1. The third-order valence-corrected chi connectivity index (χ3v) is 5.05. The molecule has 29 heavy (non-hydrogen) atoms. The summed E-state index contributed by atoms with van der Waals surface area (Å²) < 4.78 is 52.5. The van der Waals surface area contributed by atoms with E-state index in [1.165, 1.54) is 6.07 Å². The highest BCUT2D eigenvalue weighted by atomic mass is 35.5. The summed E-state index contributed by atoms with van der Waals surface area (Å²) in [5.74, 6) is 0.00167. The Balaban J connectivity index is 1.70. The van der Waals surface area contributed by atoms with Crippen molar-refractivity contribution in [3.8, 4) is 16.9 Å². The van der Waals surface area contributed by atoms with Gasteiger partial charge in [0.15, 0.2) is 0 Å². The zero-order valence-electron chi connectivity index (χ0n) is 17.8.